The molecule has 4 aromatic rings. The molecule has 0 aliphatic rings. The number of hydrogen-bond donors (Lipinski definition) is 1. The quantitative estimate of drug-likeness (QED) is 0.294. The molecule has 164 valence electrons. The Hall–Kier alpha value is -3.68. The van der Waals surface area contributed by atoms with E-state index in [2.05, 4.69) is 62.4 Å². The molecule has 0 amide bonds. The summed E-state index contributed by atoms with van der Waals surface area (Å²) in [6.07, 6.45) is 4.58. The van der Waals surface area contributed by atoms with Crippen molar-refractivity contribution in [3.63, 3.8) is 0 Å². The molecule has 0 spiro atoms. The van der Waals surface area contributed by atoms with Gasteiger partial charge in [-0.25, -0.2) is 4.79 Å². The first kappa shape index (κ1) is 22.5. The molecule has 3 aromatic carbocycles. The molecule has 0 radical (unpaired) electrons. The molecule has 1 unspecified atom stereocenters. The van der Waals surface area contributed by atoms with Gasteiger partial charge in [-0.05, 0) is 70.2 Å². The number of thiophene rings is 1. The summed E-state index contributed by atoms with van der Waals surface area (Å²) in [5, 5.41) is 19.4. The SMILES string of the molecule is CCC(C)c1ccccc1-c1sc2cc(C#N)ccc2c1Cc1ccc(/C=C/C(=O)O)cc1. The summed E-state index contributed by atoms with van der Waals surface area (Å²) in [5.41, 5.74) is 6.58. The van der Waals surface area contributed by atoms with Crippen molar-refractivity contribution in [3.05, 3.63) is 101 Å². The van der Waals surface area contributed by atoms with Gasteiger partial charge in [0.2, 0.25) is 0 Å². The second-order valence-corrected chi connectivity index (χ2v) is 9.27. The van der Waals surface area contributed by atoms with Crippen molar-refractivity contribution in [2.45, 2.75) is 32.6 Å². The van der Waals surface area contributed by atoms with Crippen LogP contribution < -0.4 is 0 Å². The average molecular weight is 452 g/mol. The molecule has 0 saturated carbocycles. The van der Waals surface area contributed by atoms with E-state index in [9.17, 15) is 10.1 Å². The van der Waals surface area contributed by atoms with Crippen molar-refractivity contribution in [3.8, 4) is 16.5 Å². The number of nitrogens with zero attached hydrogens (tertiary/aromatic N) is 1. The lowest BCUT2D eigenvalue weighted by Crippen LogP contribution is -1.96. The molecule has 0 fully saturated rings. The van der Waals surface area contributed by atoms with Gasteiger partial charge >= 0.3 is 5.97 Å². The van der Waals surface area contributed by atoms with Crippen molar-refractivity contribution in [1.29, 1.82) is 5.26 Å². The third kappa shape index (κ3) is 4.89. The van der Waals surface area contributed by atoms with Crippen molar-refractivity contribution in [2.24, 2.45) is 0 Å². The topological polar surface area (TPSA) is 61.1 Å². The molecule has 0 aliphatic heterocycles. The van der Waals surface area contributed by atoms with Crippen LogP contribution in [0.4, 0.5) is 0 Å². The molecule has 4 heteroatoms. The Morgan fingerprint density at radius 1 is 1.12 bits per heavy atom. The largest absolute Gasteiger partial charge is 0.478 e. The van der Waals surface area contributed by atoms with Crippen LogP contribution in [0.25, 0.3) is 26.6 Å². The van der Waals surface area contributed by atoms with Crippen LogP contribution in [0.2, 0.25) is 0 Å². The van der Waals surface area contributed by atoms with Crippen LogP contribution in [0.1, 0.15) is 54.0 Å². The Kier molecular flexibility index (Phi) is 6.72. The summed E-state index contributed by atoms with van der Waals surface area (Å²) in [6, 6.07) is 24.8. The average Bonchev–Trinajstić information content (AvgIpc) is 3.20. The molecule has 4 rings (SSSR count). The van der Waals surface area contributed by atoms with Crippen LogP contribution >= 0.6 is 11.3 Å². The molecule has 0 saturated heterocycles. The van der Waals surface area contributed by atoms with E-state index in [1.807, 2.05) is 24.3 Å². The Morgan fingerprint density at radius 2 is 1.88 bits per heavy atom. The fraction of sp³-hybridized carbons (Fsp3) is 0.172. The molecule has 1 heterocycles. The van der Waals surface area contributed by atoms with Crippen LogP contribution in [0.15, 0.2) is 72.8 Å². The van der Waals surface area contributed by atoms with E-state index in [0.29, 0.717) is 11.5 Å². The highest BCUT2D eigenvalue weighted by molar-refractivity contribution is 7.22. The third-order valence-electron chi connectivity index (χ3n) is 6.05. The van der Waals surface area contributed by atoms with Gasteiger partial charge in [-0.3, -0.25) is 0 Å². The Morgan fingerprint density at radius 3 is 2.58 bits per heavy atom. The summed E-state index contributed by atoms with van der Waals surface area (Å²) in [4.78, 5) is 12.0. The van der Waals surface area contributed by atoms with Crippen molar-refractivity contribution < 1.29 is 9.90 Å². The van der Waals surface area contributed by atoms with Gasteiger partial charge in [0, 0.05) is 15.7 Å². The monoisotopic (exact) mass is 451 g/mol. The zero-order valence-electron chi connectivity index (χ0n) is 18.7. The molecule has 0 bridgehead atoms. The number of rotatable bonds is 7. The molecule has 1 N–H and O–H groups in total. The Balaban J connectivity index is 1.82. The maximum absolute atomic E-state index is 10.8. The van der Waals surface area contributed by atoms with Gasteiger partial charge in [0.05, 0.1) is 11.6 Å². The number of carboxylic acids is 1. The summed E-state index contributed by atoms with van der Waals surface area (Å²) in [7, 11) is 0. The smallest absolute Gasteiger partial charge is 0.328 e. The molecule has 1 atom stereocenters. The first-order valence-corrected chi connectivity index (χ1v) is 11.9. The second kappa shape index (κ2) is 9.85. The van der Waals surface area contributed by atoms with Gasteiger partial charge in [-0.2, -0.15) is 5.26 Å². The number of nitriles is 1. The fourth-order valence-corrected chi connectivity index (χ4v) is 5.39. The van der Waals surface area contributed by atoms with E-state index in [1.165, 1.54) is 27.0 Å². The van der Waals surface area contributed by atoms with Crippen molar-refractivity contribution >= 4 is 33.5 Å². The van der Waals surface area contributed by atoms with E-state index >= 15 is 0 Å². The highest BCUT2D eigenvalue weighted by Crippen LogP contribution is 2.43. The van der Waals surface area contributed by atoms with E-state index in [0.717, 1.165) is 34.7 Å². The van der Waals surface area contributed by atoms with E-state index in [-0.39, 0.29) is 0 Å². The highest BCUT2D eigenvalue weighted by atomic mass is 32.1. The zero-order valence-corrected chi connectivity index (χ0v) is 19.5. The molecular formula is C29H25NO2S. The normalized spacial score (nSPS) is 12.2. The van der Waals surface area contributed by atoms with Crippen molar-refractivity contribution in [1.82, 2.24) is 0 Å². The maximum atomic E-state index is 10.8. The lowest BCUT2D eigenvalue weighted by molar-refractivity contribution is -0.131. The summed E-state index contributed by atoms with van der Waals surface area (Å²) in [6.45, 7) is 4.48. The maximum Gasteiger partial charge on any atom is 0.328 e. The minimum Gasteiger partial charge on any atom is -0.478 e. The summed E-state index contributed by atoms with van der Waals surface area (Å²) < 4.78 is 1.12. The standard InChI is InChI=1S/C29H25NO2S/c1-3-19(2)23-6-4-5-7-25(23)29-26(24-14-12-22(18-30)17-27(24)33-29)16-21-10-8-20(9-11-21)13-15-28(31)32/h4-15,17,19H,3,16H2,1-2H3,(H,31,32)/b15-13+. The fourth-order valence-electron chi connectivity index (χ4n) is 4.08. The van der Waals surface area contributed by atoms with E-state index < -0.39 is 5.97 Å². The Bertz CT molecular complexity index is 1370. The summed E-state index contributed by atoms with van der Waals surface area (Å²) >= 11 is 1.75. The third-order valence-corrected chi connectivity index (χ3v) is 7.28. The molecule has 0 aliphatic carbocycles. The number of fused-ring (bicyclic) bond motifs is 1. The van der Waals surface area contributed by atoms with Crippen LogP contribution in [0.5, 0.6) is 0 Å². The number of carboxylic acid groups (broad SMARTS) is 1. The van der Waals surface area contributed by atoms with Gasteiger partial charge in [0.25, 0.3) is 0 Å². The highest BCUT2D eigenvalue weighted by Gasteiger charge is 2.19. The molecule has 3 nitrogen and oxygen atoms in total. The number of hydrogen-bond acceptors (Lipinski definition) is 3. The van der Waals surface area contributed by atoms with Gasteiger partial charge in [0.15, 0.2) is 0 Å². The first-order chi connectivity index (χ1) is 16.0. The minimum atomic E-state index is -0.954. The van der Waals surface area contributed by atoms with Crippen molar-refractivity contribution in [2.75, 3.05) is 0 Å². The number of carbonyl (C=O) groups is 1. The molecule has 1 aromatic heterocycles. The van der Waals surface area contributed by atoms with E-state index in [1.54, 1.807) is 17.4 Å². The lowest BCUT2D eigenvalue weighted by Gasteiger charge is -2.15. The van der Waals surface area contributed by atoms with Crippen LogP contribution in [0, 0.1) is 11.3 Å². The lowest BCUT2D eigenvalue weighted by atomic mass is 9.90. The Labute approximate surface area is 198 Å². The number of benzene rings is 3. The van der Waals surface area contributed by atoms with E-state index in [4.69, 9.17) is 5.11 Å². The van der Waals surface area contributed by atoms with Crippen LogP contribution in [0.3, 0.4) is 0 Å². The van der Waals surface area contributed by atoms with Gasteiger partial charge in [-0.15, -0.1) is 11.3 Å². The molecular weight excluding hydrogens is 426 g/mol. The summed E-state index contributed by atoms with van der Waals surface area (Å²) in [5.74, 6) is -0.501. The first-order valence-electron chi connectivity index (χ1n) is 11.0. The van der Waals surface area contributed by atoms with Gasteiger partial charge in [0.1, 0.15) is 0 Å². The van der Waals surface area contributed by atoms with Gasteiger partial charge < -0.3 is 5.11 Å². The van der Waals surface area contributed by atoms with Gasteiger partial charge in [-0.1, -0.05) is 68.4 Å². The molecule has 33 heavy (non-hydrogen) atoms. The van der Waals surface area contributed by atoms with Crippen LogP contribution in [-0.2, 0) is 11.2 Å². The second-order valence-electron chi connectivity index (χ2n) is 8.22. The predicted molar refractivity (Wildman–Crippen MR) is 137 cm³/mol. The zero-order chi connectivity index (χ0) is 23.4. The van der Waals surface area contributed by atoms with Crippen LogP contribution in [-0.4, -0.2) is 11.1 Å². The predicted octanol–water partition coefficient (Wildman–Crippen LogP) is 7.64. The number of aliphatic carboxylic acids is 1. The minimum absolute atomic E-state index is 0.453.